The van der Waals surface area contributed by atoms with Gasteiger partial charge in [-0.15, -0.1) is 0 Å². The Morgan fingerprint density at radius 2 is 1.71 bits per heavy atom. The van der Waals surface area contributed by atoms with Gasteiger partial charge in [-0.2, -0.15) is 0 Å². The van der Waals surface area contributed by atoms with Crippen LogP contribution in [0.3, 0.4) is 0 Å². The van der Waals surface area contributed by atoms with Crippen LogP contribution < -0.4 is 0 Å². The van der Waals surface area contributed by atoms with E-state index in [-0.39, 0.29) is 0 Å². The van der Waals surface area contributed by atoms with Crippen LogP contribution in [0.5, 0.6) is 0 Å². The van der Waals surface area contributed by atoms with E-state index in [4.69, 9.17) is 0 Å². The van der Waals surface area contributed by atoms with Crippen molar-refractivity contribution in [1.82, 2.24) is 4.90 Å². The topological polar surface area (TPSA) is 23.5 Å². The summed E-state index contributed by atoms with van der Waals surface area (Å²) < 4.78 is 0. The maximum atomic E-state index is 10.4. The number of aliphatic hydroxyl groups is 1. The summed E-state index contributed by atoms with van der Waals surface area (Å²) in [6.45, 7) is 6.69. The molecule has 2 fully saturated rings. The molecule has 2 saturated carbocycles. The average Bonchev–Trinajstić information content (AvgIpc) is 2.49. The molecule has 0 radical (unpaired) electrons. The summed E-state index contributed by atoms with van der Waals surface area (Å²) in [5.41, 5.74) is -0.00676. The van der Waals surface area contributed by atoms with Gasteiger partial charge in [0, 0.05) is 6.04 Å². The van der Waals surface area contributed by atoms with Crippen LogP contribution in [0.4, 0.5) is 0 Å². The van der Waals surface area contributed by atoms with E-state index in [1.165, 1.54) is 0 Å². The second-order valence-electron chi connectivity index (χ2n) is 6.31. The predicted octanol–water partition coefficient (Wildman–Crippen LogP) is 1.73. The summed E-state index contributed by atoms with van der Waals surface area (Å²) >= 11 is 0. The Hall–Kier alpha value is -0.0800. The molecule has 0 aromatic rings. The molecule has 0 amide bonds. The molecule has 0 aliphatic heterocycles. The third kappa shape index (κ3) is 1.31. The largest absolute Gasteiger partial charge is 0.389 e. The summed E-state index contributed by atoms with van der Waals surface area (Å²) in [6.07, 6.45) is 2.14. The maximum Gasteiger partial charge on any atom is 0.0777 e. The van der Waals surface area contributed by atoms with Crippen molar-refractivity contribution in [3.8, 4) is 0 Å². The average molecular weight is 197 g/mol. The van der Waals surface area contributed by atoms with E-state index < -0.39 is 5.60 Å². The molecular formula is C12H23NO. The lowest BCUT2D eigenvalue weighted by Crippen LogP contribution is -2.50. The van der Waals surface area contributed by atoms with Crippen molar-refractivity contribution >= 4 is 0 Å². The third-order valence-electron chi connectivity index (χ3n) is 4.74. The van der Waals surface area contributed by atoms with Crippen molar-refractivity contribution in [2.45, 2.75) is 45.3 Å². The molecule has 2 nitrogen and oxygen atoms in total. The molecule has 4 atom stereocenters. The van der Waals surface area contributed by atoms with Crippen molar-refractivity contribution in [2.24, 2.45) is 17.3 Å². The first kappa shape index (κ1) is 10.4. The van der Waals surface area contributed by atoms with Crippen LogP contribution in [-0.2, 0) is 0 Å². The molecule has 2 heteroatoms. The Morgan fingerprint density at radius 3 is 2.21 bits per heavy atom. The highest BCUT2D eigenvalue weighted by atomic mass is 16.3. The minimum atomic E-state index is -0.488. The number of hydrogen-bond acceptors (Lipinski definition) is 2. The molecule has 0 unspecified atom stereocenters. The van der Waals surface area contributed by atoms with Gasteiger partial charge < -0.3 is 10.0 Å². The smallest absolute Gasteiger partial charge is 0.0777 e. The Balaban J connectivity index is 2.15. The Kier molecular flexibility index (Phi) is 2.04. The van der Waals surface area contributed by atoms with Gasteiger partial charge in [0.05, 0.1) is 5.60 Å². The van der Waals surface area contributed by atoms with Gasteiger partial charge in [-0.3, -0.25) is 0 Å². The molecule has 0 bridgehead atoms. The first-order chi connectivity index (χ1) is 6.27. The molecular weight excluding hydrogens is 174 g/mol. The summed E-state index contributed by atoms with van der Waals surface area (Å²) in [5.74, 6) is 1.60. The second kappa shape index (κ2) is 2.73. The van der Waals surface area contributed by atoms with Gasteiger partial charge in [0.25, 0.3) is 0 Å². The van der Waals surface area contributed by atoms with Gasteiger partial charge in [0.1, 0.15) is 0 Å². The fourth-order valence-electron chi connectivity index (χ4n) is 3.57. The number of rotatable bonds is 1. The minimum absolute atomic E-state index is 0.338. The molecule has 0 heterocycles. The second-order valence-corrected chi connectivity index (χ2v) is 6.31. The highest BCUT2D eigenvalue weighted by Gasteiger charge is 2.63. The van der Waals surface area contributed by atoms with E-state index in [9.17, 15) is 5.11 Å². The normalized spacial score (nSPS) is 50.4. The van der Waals surface area contributed by atoms with Gasteiger partial charge in [-0.05, 0) is 51.1 Å². The summed E-state index contributed by atoms with van der Waals surface area (Å²) in [5, 5.41) is 10.4. The molecule has 1 N–H and O–H groups in total. The zero-order valence-electron chi connectivity index (χ0n) is 10.0. The lowest BCUT2D eigenvalue weighted by atomic mass is 9.81. The van der Waals surface area contributed by atoms with Gasteiger partial charge in [-0.1, -0.05) is 13.8 Å². The van der Waals surface area contributed by atoms with E-state index in [0.29, 0.717) is 11.5 Å². The lowest BCUT2D eigenvalue weighted by Gasteiger charge is -2.40. The van der Waals surface area contributed by atoms with Crippen LogP contribution in [-0.4, -0.2) is 35.7 Å². The van der Waals surface area contributed by atoms with E-state index >= 15 is 0 Å². The lowest BCUT2D eigenvalue weighted by molar-refractivity contribution is -0.0487. The van der Waals surface area contributed by atoms with Gasteiger partial charge in [-0.25, -0.2) is 0 Å². The predicted molar refractivity (Wildman–Crippen MR) is 58.1 cm³/mol. The Bertz CT molecular complexity index is 245. The molecule has 2 aliphatic rings. The zero-order chi connectivity index (χ0) is 10.7. The van der Waals surface area contributed by atoms with E-state index in [1.54, 1.807) is 0 Å². The van der Waals surface area contributed by atoms with Crippen LogP contribution in [0.25, 0.3) is 0 Å². The molecule has 0 spiro atoms. The van der Waals surface area contributed by atoms with Crippen LogP contribution in [0, 0.1) is 17.3 Å². The highest BCUT2D eigenvalue weighted by molar-refractivity contribution is 5.14. The molecule has 0 saturated heterocycles. The Morgan fingerprint density at radius 1 is 1.14 bits per heavy atom. The number of nitrogens with zero attached hydrogens (tertiary/aromatic N) is 1. The van der Waals surface area contributed by atoms with Crippen LogP contribution in [0.1, 0.15) is 33.6 Å². The summed E-state index contributed by atoms with van der Waals surface area (Å²) in [6, 6.07) is 0.338. The number of fused-ring (bicyclic) bond motifs is 1. The molecule has 14 heavy (non-hydrogen) atoms. The first-order valence-corrected chi connectivity index (χ1v) is 5.65. The molecule has 0 aromatic heterocycles. The van der Waals surface area contributed by atoms with E-state index in [0.717, 1.165) is 24.7 Å². The van der Waals surface area contributed by atoms with Crippen molar-refractivity contribution in [3.63, 3.8) is 0 Å². The molecule has 2 aliphatic carbocycles. The van der Waals surface area contributed by atoms with Crippen molar-refractivity contribution in [3.05, 3.63) is 0 Å². The maximum absolute atomic E-state index is 10.4. The Labute approximate surface area is 87.3 Å². The van der Waals surface area contributed by atoms with Gasteiger partial charge in [0.2, 0.25) is 0 Å². The van der Waals surface area contributed by atoms with Gasteiger partial charge >= 0.3 is 0 Å². The van der Waals surface area contributed by atoms with Crippen LogP contribution in [0.15, 0.2) is 0 Å². The van der Waals surface area contributed by atoms with E-state index in [2.05, 4.69) is 32.8 Å². The quantitative estimate of drug-likeness (QED) is 0.692. The molecule has 2 rings (SSSR count). The third-order valence-corrected chi connectivity index (χ3v) is 4.74. The van der Waals surface area contributed by atoms with Crippen molar-refractivity contribution in [1.29, 1.82) is 0 Å². The molecule has 82 valence electrons. The standard InChI is InChI=1S/C12H23NO/c1-11(2)8-6-10(13(4)5)12(3,14)7-9(8)11/h8-10,14H,6-7H2,1-5H3/t8-,9+,10+,12+/m1/s1. The van der Waals surface area contributed by atoms with Crippen molar-refractivity contribution in [2.75, 3.05) is 14.1 Å². The number of likely N-dealkylation sites (N-methyl/N-ethyl adjacent to an activating group) is 1. The SMILES string of the molecule is CN(C)[C@H]1C[C@@H]2[C@H](C[C@]1(C)O)C2(C)C. The van der Waals surface area contributed by atoms with Crippen LogP contribution in [0.2, 0.25) is 0 Å². The highest BCUT2D eigenvalue weighted by Crippen LogP contribution is 2.66. The number of hydrogen-bond donors (Lipinski definition) is 1. The van der Waals surface area contributed by atoms with Crippen molar-refractivity contribution < 1.29 is 5.11 Å². The minimum Gasteiger partial charge on any atom is -0.389 e. The van der Waals surface area contributed by atoms with E-state index in [1.807, 2.05) is 6.92 Å². The van der Waals surface area contributed by atoms with Crippen LogP contribution >= 0.6 is 0 Å². The fraction of sp³-hybridized carbons (Fsp3) is 1.00. The first-order valence-electron chi connectivity index (χ1n) is 5.65. The van der Waals surface area contributed by atoms with Gasteiger partial charge in [0.15, 0.2) is 0 Å². The zero-order valence-corrected chi connectivity index (χ0v) is 10.0. The summed E-state index contributed by atoms with van der Waals surface area (Å²) in [4.78, 5) is 2.19. The molecule has 0 aromatic carbocycles. The monoisotopic (exact) mass is 197 g/mol. The fourth-order valence-corrected chi connectivity index (χ4v) is 3.57. The summed E-state index contributed by atoms with van der Waals surface area (Å²) in [7, 11) is 4.16.